The molecule has 1 aliphatic carbocycles. The van der Waals surface area contributed by atoms with Gasteiger partial charge in [0, 0.05) is 48.7 Å². The van der Waals surface area contributed by atoms with Crippen LogP contribution in [0, 0.1) is 0 Å². The molecule has 2 atom stereocenters. The third kappa shape index (κ3) is 5.36. The molecule has 190 valence electrons. The Hall–Kier alpha value is -3.05. The molecule has 2 aromatic heterocycles. The van der Waals surface area contributed by atoms with Crippen LogP contribution in [0.4, 0.5) is 18.9 Å². The second kappa shape index (κ2) is 10.5. The Bertz CT molecular complexity index is 1190. The number of amides is 2. The van der Waals surface area contributed by atoms with E-state index in [9.17, 15) is 22.8 Å². The van der Waals surface area contributed by atoms with Crippen LogP contribution in [0.5, 0.6) is 0 Å². The first-order valence-corrected chi connectivity index (χ1v) is 12.5. The molecule has 1 N–H and O–H groups in total. The summed E-state index contributed by atoms with van der Waals surface area (Å²) < 4.78 is 41.6. The Morgan fingerprint density at radius 3 is 2.33 bits per heavy atom. The van der Waals surface area contributed by atoms with E-state index in [2.05, 4.69) is 20.3 Å². The standard InChI is InChI=1S/C24H23ClF3N5O2S/c1-23(16-10-29-13-30-11-16,22(35)32-17-6-8-24(27,28)9-7-17)33(21(34)20(25)26)18-4-2-15(3-5-18)19-12-31-14-36-19/h2-5,10-14,17,20H,6-9H2,1H3,(H,32,35)/t20-,23-/m0/s1. The molecule has 1 fully saturated rings. The van der Waals surface area contributed by atoms with Gasteiger partial charge in [0.2, 0.25) is 5.92 Å². The van der Waals surface area contributed by atoms with Crippen LogP contribution in [0.2, 0.25) is 0 Å². The number of hydrogen-bond acceptors (Lipinski definition) is 6. The average Bonchev–Trinajstić information content (AvgIpc) is 3.41. The van der Waals surface area contributed by atoms with E-state index in [1.165, 1.54) is 37.0 Å². The van der Waals surface area contributed by atoms with Gasteiger partial charge in [0.15, 0.2) is 5.54 Å². The van der Waals surface area contributed by atoms with Gasteiger partial charge in [-0.2, -0.15) is 0 Å². The number of benzene rings is 1. The Labute approximate surface area is 214 Å². The molecule has 12 heteroatoms. The van der Waals surface area contributed by atoms with Gasteiger partial charge in [0.1, 0.15) is 6.33 Å². The van der Waals surface area contributed by atoms with E-state index in [4.69, 9.17) is 11.6 Å². The number of thiazole rings is 1. The lowest BCUT2D eigenvalue weighted by molar-refractivity contribution is -0.132. The third-order valence-corrected chi connectivity index (χ3v) is 7.32. The summed E-state index contributed by atoms with van der Waals surface area (Å²) in [6.45, 7) is 1.42. The Balaban J connectivity index is 1.75. The summed E-state index contributed by atoms with van der Waals surface area (Å²) in [6, 6.07) is 6.04. The molecule has 1 saturated carbocycles. The molecule has 3 aromatic rings. The number of anilines is 1. The van der Waals surface area contributed by atoms with Crippen molar-refractivity contribution in [2.75, 3.05) is 4.90 Å². The molecular formula is C24H23ClF3N5O2S. The van der Waals surface area contributed by atoms with Crippen LogP contribution >= 0.6 is 22.9 Å². The smallest absolute Gasteiger partial charge is 0.278 e. The predicted octanol–water partition coefficient (Wildman–Crippen LogP) is 5.08. The number of nitrogens with zero attached hydrogens (tertiary/aromatic N) is 4. The van der Waals surface area contributed by atoms with Gasteiger partial charge in [-0.15, -0.1) is 11.3 Å². The van der Waals surface area contributed by atoms with Crippen LogP contribution in [0.3, 0.4) is 0 Å². The molecule has 36 heavy (non-hydrogen) atoms. The zero-order chi connectivity index (χ0) is 25.9. The largest absolute Gasteiger partial charge is 0.351 e. The molecule has 7 nitrogen and oxygen atoms in total. The van der Waals surface area contributed by atoms with E-state index in [0.29, 0.717) is 0 Å². The zero-order valence-electron chi connectivity index (χ0n) is 19.2. The first kappa shape index (κ1) is 26.0. The Morgan fingerprint density at radius 2 is 1.78 bits per heavy atom. The molecular weight excluding hydrogens is 515 g/mol. The quantitative estimate of drug-likeness (QED) is 0.425. The average molecular weight is 538 g/mol. The van der Waals surface area contributed by atoms with Crippen LogP contribution in [-0.2, 0) is 15.1 Å². The highest BCUT2D eigenvalue weighted by molar-refractivity contribution is 7.13. The van der Waals surface area contributed by atoms with Crippen molar-refractivity contribution in [2.45, 2.75) is 55.7 Å². The molecule has 0 aliphatic heterocycles. The van der Waals surface area contributed by atoms with Crippen molar-refractivity contribution in [3.8, 4) is 10.4 Å². The highest BCUT2D eigenvalue weighted by Gasteiger charge is 2.48. The van der Waals surface area contributed by atoms with E-state index in [-0.39, 0.29) is 36.9 Å². The summed E-state index contributed by atoms with van der Waals surface area (Å²) in [6.07, 6.45) is 5.03. The van der Waals surface area contributed by atoms with Gasteiger partial charge in [-0.05, 0) is 37.5 Å². The number of carbonyl (C=O) groups is 2. The minimum absolute atomic E-state index is 0.0683. The number of hydrogen-bond donors (Lipinski definition) is 1. The van der Waals surface area contributed by atoms with Gasteiger partial charge >= 0.3 is 0 Å². The van der Waals surface area contributed by atoms with Crippen molar-refractivity contribution < 1.29 is 22.8 Å². The molecule has 4 rings (SSSR count). The van der Waals surface area contributed by atoms with Gasteiger partial charge in [0.05, 0.1) is 10.4 Å². The third-order valence-electron chi connectivity index (χ3n) is 6.31. The van der Waals surface area contributed by atoms with Crippen LogP contribution in [0.15, 0.2) is 54.7 Å². The number of aromatic nitrogens is 3. The number of alkyl halides is 4. The lowest BCUT2D eigenvalue weighted by Gasteiger charge is -2.41. The highest BCUT2D eigenvalue weighted by Crippen LogP contribution is 2.38. The van der Waals surface area contributed by atoms with Crippen molar-refractivity contribution in [1.29, 1.82) is 0 Å². The molecule has 1 aliphatic rings. The molecule has 0 saturated heterocycles. The van der Waals surface area contributed by atoms with Crippen LogP contribution in [0.1, 0.15) is 38.2 Å². The van der Waals surface area contributed by atoms with Gasteiger partial charge in [-0.3, -0.25) is 19.5 Å². The minimum Gasteiger partial charge on any atom is -0.351 e. The van der Waals surface area contributed by atoms with E-state index in [1.54, 1.807) is 36.0 Å². The number of carbonyl (C=O) groups excluding carboxylic acids is 2. The topological polar surface area (TPSA) is 88.1 Å². The molecule has 2 heterocycles. The van der Waals surface area contributed by atoms with Crippen molar-refractivity contribution in [3.05, 3.63) is 60.3 Å². The second-order valence-corrected chi connectivity index (χ2v) is 9.96. The van der Waals surface area contributed by atoms with E-state index in [0.717, 1.165) is 15.3 Å². The second-order valence-electron chi connectivity index (χ2n) is 8.69. The normalized spacial score (nSPS) is 18.1. The van der Waals surface area contributed by atoms with Gasteiger partial charge in [-0.1, -0.05) is 23.7 Å². The molecule has 0 bridgehead atoms. The summed E-state index contributed by atoms with van der Waals surface area (Å²) in [5.74, 6) is -4.64. The SMILES string of the molecule is C[C@@](C(=O)NC1CCC(F)(F)CC1)(c1cncnc1)N(C(=O)[C@H](F)Cl)c1ccc(-c2cncs2)cc1. The summed E-state index contributed by atoms with van der Waals surface area (Å²) in [5, 5.41) is 2.78. The zero-order valence-corrected chi connectivity index (χ0v) is 20.8. The first-order chi connectivity index (χ1) is 17.1. The van der Waals surface area contributed by atoms with Gasteiger partial charge in [-0.25, -0.2) is 23.1 Å². The summed E-state index contributed by atoms with van der Waals surface area (Å²) in [7, 11) is 0. The van der Waals surface area contributed by atoms with E-state index >= 15 is 0 Å². The number of nitrogens with one attached hydrogen (secondary N) is 1. The molecule has 1 aromatic carbocycles. The highest BCUT2D eigenvalue weighted by atomic mass is 35.5. The number of halogens is 4. The monoisotopic (exact) mass is 537 g/mol. The maximum absolute atomic E-state index is 14.3. The molecule has 0 radical (unpaired) electrons. The van der Waals surface area contributed by atoms with Crippen molar-refractivity contribution in [2.24, 2.45) is 0 Å². The predicted molar refractivity (Wildman–Crippen MR) is 131 cm³/mol. The van der Waals surface area contributed by atoms with Crippen molar-refractivity contribution in [1.82, 2.24) is 20.3 Å². The van der Waals surface area contributed by atoms with Crippen molar-refractivity contribution in [3.63, 3.8) is 0 Å². The summed E-state index contributed by atoms with van der Waals surface area (Å²) in [5.41, 5.74) is -1.40. The molecule has 0 unspecified atom stereocenters. The van der Waals surface area contributed by atoms with E-state index in [1.807, 2.05) is 0 Å². The first-order valence-electron chi connectivity index (χ1n) is 11.2. The molecule has 2 amide bonds. The Kier molecular flexibility index (Phi) is 7.60. The fourth-order valence-corrected chi connectivity index (χ4v) is 4.99. The van der Waals surface area contributed by atoms with Crippen LogP contribution < -0.4 is 10.2 Å². The van der Waals surface area contributed by atoms with Gasteiger partial charge in [0.25, 0.3) is 17.4 Å². The fraction of sp³-hybridized carbons (Fsp3) is 0.375. The lowest BCUT2D eigenvalue weighted by atomic mass is 9.87. The molecule has 0 spiro atoms. The summed E-state index contributed by atoms with van der Waals surface area (Å²) in [4.78, 5) is 40.7. The van der Waals surface area contributed by atoms with E-state index < -0.39 is 34.9 Å². The summed E-state index contributed by atoms with van der Waals surface area (Å²) >= 11 is 7.02. The van der Waals surface area contributed by atoms with Crippen LogP contribution in [0.25, 0.3) is 10.4 Å². The van der Waals surface area contributed by atoms with Gasteiger partial charge < -0.3 is 5.32 Å². The maximum Gasteiger partial charge on any atom is 0.278 e. The Morgan fingerprint density at radius 1 is 1.14 bits per heavy atom. The van der Waals surface area contributed by atoms with Crippen molar-refractivity contribution >= 4 is 40.4 Å². The fourth-order valence-electron chi connectivity index (χ4n) is 4.26. The minimum atomic E-state index is -2.78. The number of rotatable bonds is 7. The lowest BCUT2D eigenvalue weighted by Crippen LogP contribution is -2.60. The van der Waals surface area contributed by atoms with Crippen LogP contribution in [-0.4, -0.2) is 44.4 Å². The maximum atomic E-state index is 14.3.